The van der Waals surface area contributed by atoms with Gasteiger partial charge in [0, 0.05) is 11.8 Å². The van der Waals surface area contributed by atoms with Gasteiger partial charge >= 0.3 is 5.97 Å². The average Bonchev–Trinajstić information content (AvgIpc) is 2.66. The maximum Gasteiger partial charge on any atom is 0.344 e. The van der Waals surface area contributed by atoms with Crippen molar-refractivity contribution in [2.24, 2.45) is 0 Å². The lowest BCUT2D eigenvalue weighted by Crippen LogP contribution is -2.27. The molecule has 2 aromatic rings. The summed E-state index contributed by atoms with van der Waals surface area (Å²) in [5, 5.41) is -0.572. The number of benzene rings is 2. The van der Waals surface area contributed by atoms with Crippen molar-refractivity contribution in [1.29, 1.82) is 0 Å². The van der Waals surface area contributed by atoms with E-state index in [1.54, 1.807) is 31.2 Å². The molecule has 146 valence electrons. The molecule has 0 saturated carbocycles. The first-order valence-corrected chi connectivity index (χ1v) is 10.1. The van der Waals surface area contributed by atoms with E-state index in [1.807, 2.05) is 0 Å². The highest BCUT2D eigenvalue weighted by Crippen LogP contribution is 2.25. The van der Waals surface area contributed by atoms with Gasteiger partial charge in [-0.25, -0.2) is 22.3 Å². The molecule has 2 rings (SSSR count). The minimum absolute atomic E-state index is 0.0250. The monoisotopic (exact) mass is 413 g/mol. The predicted octanol–water partition coefficient (Wildman–Crippen LogP) is 2.72. The summed E-state index contributed by atoms with van der Waals surface area (Å²) in [6.45, 7) is 1.45. The van der Waals surface area contributed by atoms with Crippen LogP contribution in [0.1, 0.15) is 17.7 Å². The second kappa shape index (κ2) is 9.72. The summed E-state index contributed by atoms with van der Waals surface area (Å²) in [5.74, 6) is -1.37. The van der Waals surface area contributed by atoms with Crippen LogP contribution in [-0.4, -0.2) is 34.1 Å². The summed E-state index contributed by atoms with van der Waals surface area (Å²) in [6.07, 6.45) is 0. The van der Waals surface area contributed by atoms with Crippen LogP contribution in [0.4, 0.5) is 4.39 Å². The van der Waals surface area contributed by atoms with E-state index < -0.39 is 33.7 Å². The largest absolute Gasteiger partial charge is 0.479 e. The molecule has 9 heteroatoms. The minimum atomic E-state index is -3.67. The van der Waals surface area contributed by atoms with E-state index in [0.29, 0.717) is 5.56 Å². The van der Waals surface area contributed by atoms with Crippen LogP contribution in [0.25, 0.3) is 0 Å². The number of ether oxygens (including phenoxy) is 2. The SMILES string of the molecule is CCOC(=O)COc1ccc(C(S)CNS(=O)(=O)c2ccccc2)cc1F. The van der Waals surface area contributed by atoms with Gasteiger partial charge < -0.3 is 9.47 Å². The topological polar surface area (TPSA) is 81.7 Å². The summed E-state index contributed by atoms with van der Waals surface area (Å²) in [5.41, 5.74) is 0.468. The van der Waals surface area contributed by atoms with Crippen LogP contribution in [0, 0.1) is 5.82 Å². The normalized spacial score (nSPS) is 12.4. The zero-order chi connectivity index (χ0) is 19.9. The molecule has 0 amide bonds. The number of nitrogens with one attached hydrogen (secondary N) is 1. The van der Waals surface area contributed by atoms with Crippen LogP contribution in [0.2, 0.25) is 0 Å². The van der Waals surface area contributed by atoms with Crippen molar-refractivity contribution in [2.45, 2.75) is 17.1 Å². The van der Waals surface area contributed by atoms with Crippen LogP contribution >= 0.6 is 12.6 Å². The zero-order valence-corrected chi connectivity index (χ0v) is 16.3. The van der Waals surface area contributed by atoms with Gasteiger partial charge in [-0.3, -0.25) is 0 Å². The second-order valence-electron chi connectivity index (χ2n) is 5.46. The van der Waals surface area contributed by atoms with Crippen molar-refractivity contribution in [3.05, 3.63) is 59.9 Å². The smallest absolute Gasteiger partial charge is 0.344 e. The molecule has 0 saturated heterocycles. The van der Waals surface area contributed by atoms with E-state index >= 15 is 0 Å². The molecule has 0 bridgehead atoms. The highest BCUT2D eigenvalue weighted by molar-refractivity contribution is 7.89. The van der Waals surface area contributed by atoms with Crippen molar-refractivity contribution in [2.75, 3.05) is 19.8 Å². The first-order valence-electron chi connectivity index (χ1n) is 8.14. The Morgan fingerprint density at radius 3 is 2.56 bits per heavy atom. The summed E-state index contributed by atoms with van der Waals surface area (Å²) < 4.78 is 50.8. The molecule has 1 atom stereocenters. The molecule has 6 nitrogen and oxygen atoms in total. The van der Waals surface area contributed by atoms with E-state index in [9.17, 15) is 17.6 Å². The lowest BCUT2D eigenvalue weighted by Gasteiger charge is -2.14. The van der Waals surface area contributed by atoms with Crippen LogP contribution in [-0.2, 0) is 19.6 Å². The summed E-state index contributed by atoms with van der Waals surface area (Å²) in [4.78, 5) is 11.4. The molecule has 1 unspecified atom stereocenters. The predicted molar refractivity (Wildman–Crippen MR) is 102 cm³/mol. The molecule has 0 fully saturated rings. The van der Waals surface area contributed by atoms with Crippen molar-refractivity contribution in [1.82, 2.24) is 4.72 Å². The average molecular weight is 413 g/mol. The van der Waals surface area contributed by atoms with Gasteiger partial charge in [-0.15, -0.1) is 0 Å². The maximum absolute atomic E-state index is 14.1. The van der Waals surface area contributed by atoms with Crippen molar-refractivity contribution in [3.8, 4) is 5.75 Å². The third-order valence-electron chi connectivity index (χ3n) is 3.51. The molecule has 0 aliphatic rings. The summed E-state index contributed by atoms with van der Waals surface area (Å²) >= 11 is 4.33. The molecule has 0 aromatic heterocycles. The Morgan fingerprint density at radius 2 is 1.93 bits per heavy atom. The summed E-state index contributed by atoms with van der Waals surface area (Å²) in [6, 6.07) is 12.0. The van der Waals surface area contributed by atoms with Gasteiger partial charge in [0.25, 0.3) is 0 Å². The minimum Gasteiger partial charge on any atom is -0.479 e. The van der Waals surface area contributed by atoms with Crippen molar-refractivity contribution < 1.29 is 27.1 Å². The fourth-order valence-corrected chi connectivity index (χ4v) is 3.61. The molecular weight excluding hydrogens is 393 g/mol. The Kier molecular flexibility index (Phi) is 7.64. The van der Waals surface area contributed by atoms with E-state index in [1.165, 1.54) is 24.3 Å². The van der Waals surface area contributed by atoms with Crippen LogP contribution in [0.5, 0.6) is 5.75 Å². The van der Waals surface area contributed by atoms with Crippen molar-refractivity contribution in [3.63, 3.8) is 0 Å². The third kappa shape index (κ3) is 6.23. The Morgan fingerprint density at radius 1 is 1.22 bits per heavy atom. The number of thiol groups is 1. The quantitative estimate of drug-likeness (QED) is 0.488. The maximum atomic E-state index is 14.1. The highest BCUT2D eigenvalue weighted by atomic mass is 32.2. The van der Waals surface area contributed by atoms with Gasteiger partial charge in [-0.05, 0) is 36.8 Å². The third-order valence-corrected chi connectivity index (χ3v) is 5.43. The fraction of sp³-hybridized carbons (Fsp3) is 0.278. The van der Waals surface area contributed by atoms with Crippen molar-refractivity contribution >= 4 is 28.6 Å². The number of esters is 1. The van der Waals surface area contributed by atoms with Crippen LogP contribution < -0.4 is 9.46 Å². The molecule has 0 heterocycles. The number of hydrogen-bond acceptors (Lipinski definition) is 6. The van der Waals surface area contributed by atoms with Gasteiger partial charge in [-0.2, -0.15) is 12.6 Å². The number of halogens is 1. The molecule has 0 radical (unpaired) electrons. The zero-order valence-electron chi connectivity index (χ0n) is 14.6. The number of carbonyl (C=O) groups excluding carboxylic acids is 1. The Bertz CT molecular complexity index is 875. The van der Waals surface area contributed by atoms with Gasteiger partial charge in [0.15, 0.2) is 18.2 Å². The Balaban J connectivity index is 1.97. The first-order chi connectivity index (χ1) is 12.8. The van der Waals surface area contributed by atoms with E-state index in [2.05, 4.69) is 17.4 Å². The first kappa shape index (κ1) is 21.2. The molecule has 27 heavy (non-hydrogen) atoms. The molecule has 0 aliphatic carbocycles. The number of sulfonamides is 1. The van der Waals surface area contributed by atoms with Crippen LogP contribution in [0.3, 0.4) is 0 Å². The van der Waals surface area contributed by atoms with E-state index in [4.69, 9.17) is 9.47 Å². The molecule has 0 aliphatic heterocycles. The van der Waals surface area contributed by atoms with Gasteiger partial charge in [0.05, 0.1) is 11.5 Å². The molecule has 1 N–H and O–H groups in total. The standard InChI is InChI=1S/C18H20FNO5S2/c1-2-24-18(21)12-25-16-9-8-13(10-15(16)19)17(26)11-20-27(22,23)14-6-4-3-5-7-14/h3-10,17,20,26H,2,11-12H2,1H3. The Hall–Kier alpha value is -2.10. The van der Waals surface area contributed by atoms with E-state index in [0.717, 1.165) is 0 Å². The number of rotatable bonds is 9. The fourth-order valence-electron chi connectivity index (χ4n) is 2.17. The van der Waals surface area contributed by atoms with Gasteiger partial charge in [0.2, 0.25) is 10.0 Å². The molecular formula is C18H20FNO5S2. The lowest BCUT2D eigenvalue weighted by molar-refractivity contribution is -0.145. The summed E-state index contributed by atoms with van der Waals surface area (Å²) in [7, 11) is -3.67. The Labute approximate surface area is 163 Å². The lowest BCUT2D eigenvalue weighted by atomic mass is 10.1. The highest BCUT2D eigenvalue weighted by Gasteiger charge is 2.17. The number of hydrogen-bond donors (Lipinski definition) is 2. The molecule has 0 spiro atoms. The van der Waals surface area contributed by atoms with Crippen LogP contribution in [0.15, 0.2) is 53.4 Å². The van der Waals surface area contributed by atoms with Gasteiger partial charge in [0.1, 0.15) is 0 Å². The molecule has 2 aromatic carbocycles. The number of carbonyl (C=O) groups is 1. The van der Waals surface area contributed by atoms with E-state index in [-0.39, 0.29) is 23.8 Å². The second-order valence-corrected chi connectivity index (χ2v) is 7.85. The van der Waals surface area contributed by atoms with Gasteiger partial charge in [-0.1, -0.05) is 24.3 Å².